The van der Waals surface area contributed by atoms with Crippen molar-refractivity contribution in [3.8, 4) is 5.75 Å². The van der Waals surface area contributed by atoms with Crippen molar-refractivity contribution in [1.82, 2.24) is 9.21 Å². The Morgan fingerprint density at radius 1 is 1.19 bits per heavy atom. The largest absolute Gasteiger partial charge is 0.492 e. The summed E-state index contributed by atoms with van der Waals surface area (Å²) in [6, 6.07) is 8.01. The first-order valence-corrected chi connectivity index (χ1v) is 9.17. The first kappa shape index (κ1) is 16.3. The highest BCUT2D eigenvalue weighted by molar-refractivity contribution is 7.88. The van der Waals surface area contributed by atoms with Crippen LogP contribution < -0.4 is 4.74 Å². The van der Waals surface area contributed by atoms with Gasteiger partial charge >= 0.3 is 0 Å². The van der Waals surface area contributed by atoms with Crippen molar-refractivity contribution in [2.45, 2.75) is 13.3 Å². The van der Waals surface area contributed by atoms with Gasteiger partial charge in [0.2, 0.25) is 10.0 Å². The summed E-state index contributed by atoms with van der Waals surface area (Å²) in [4.78, 5) is 2.26. The molecule has 0 saturated carbocycles. The van der Waals surface area contributed by atoms with Crippen LogP contribution in [0.3, 0.4) is 0 Å². The minimum atomic E-state index is -3.07. The van der Waals surface area contributed by atoms with E-state index in [1.165, 1.54) is 11.8 Å². The van der Waals surface area contributed by atoms with E-state index in [9.17, 15) is 8.42 Å². The summed E-state index contributed by atoms with van der Waals surface area (Å²) in [5.74, 6) is 0.891. The summed E-state index contributed by atoms with van der Waals surface area (Å²) in [6.45, 7) is 6.38. The molecule has 6 heteroatoms. The Hall–Kier alpha value is -1.11. The Labute approximate surface area is 127 Å². The van der Waals surface area contributed by atoms with Crippen LogP contribution >= 0.6 is 0 Å². The smallest absolute Gasteiger partial charge is 0.211 e. The van der Waals surface area contributed by atoms with Crippen molar-refractivity contribution < 1.29 is 13.2 Å². The van der Waals surface area contributed by atoms with Crippen LogP contribution in [0.25, 0.3) is 0 Å². The van der Waals surface area contributed by atoms with Gasteiger partial charge in [-0.25, -0.2) is 12.7 Å². The standard InChI is InChI=1S/C15H24N2O3S/c1-14-5-3-6-15(13-14)20-12-11-16-7-4-8-17(10-9-16)21(2,18)19/h3,5-6,13H,4,7-12H2,1-2H3. The van der Waals surface area contributed by atoms with Gasteiger partial charge in [0.15, 0.2) is 0 Å². The third-order valence-electron chi connectivity index (χ3n) is 3.68. The molecule has 0 aromatic heterocycles. The molecule has 1 heterocycles. The number of aryl methyl sites for hydroxylation is 1. The molecule has 21 heavy (non-hydrogen) atoms. The lowest BCUT2D eigenvalue weighted by molar-refractivity contribution is 0.215. The maximum Gasteiger partial charge on any atom is 0.211 e. The molecule has 0 unspecified atom stereocenters. The fourth-order valence-electron chi connectivity index (χ4n) is 2.50. The van der Waals surface area contributed by atoms with E-state index in [-0.39, 0.29) is 0 Å². The second kappa shape index (κ2) is 7.24. The van der Waals surface area contributed by atoms with Gasteiger partial charge in [-0.1, -0.05) is 12.1 Å². The van der Waals surface area contributed by atoms with Gasteiger partial charge in [-0.15, -0.1) is 0 Å². The molecule has 0 spiro atoms. The zero-order valence-electron chi connectivity index (χ0n) is 12.8. The molecule has 0 amide bonds. The molecule has 118 valence electrons. The van der Waals surface area contributed by atoms with Crippen LogP contribution in [-0.4, -0.2) is 63.2 Å². The number of benzene rings is 1. The number of sulfonamides is 1. The van der Waals surface area contributed by atoms with Gasteiger partial charge in [0.05, 0.1) is 6.26 Å². The van der Waals surface area contributed by atoms with Crippen LogP contribution in [0.2, 0.25) is 0 Å². The van der Waals surface area contributed by atoms with Crippen LogP contribution in [0.1, 0.15) is 12.0 Å². The highest BCUT2D eigenvalue weighted by Gasteiger charge is 2.20. The molecule has 1 saturated heterocycles. The second-order valence-corrected chi connectivity index (χ2v) is 7.50. The first-order valence-electron chi connectivity index (χ1n) is 7.32. The van der Waals surface area contributed by atoms with Crippen molar-refractivity contribution >= 4 is 10.0 Å². The quantitative estimate of drug-likeness (QED) is 0.823. The molecule has 1 aliphatic heterocycles. The van der Waals surface area contributed by atoms with Gasteiger partial charge in [-0.3, -0.25) is 4.90 Å². The number of hydrogen-bond acceptors (Lipinski definition) is 4. The SMILES string of the molecule is Cc1cccc(OCCN2CCCN(S(C)(=O)=O)CC2)c1. The predicted molar refractivity (Wildman–Crippen MR) is 84.1 cm³/mol. The summed E-state index contributed by atoms with van der Waals surface area (Å²) in [5, 5.41) is 0. The Kier molecular flexibility index (Phi) is 5.61. The van der Waals surface area contributed by atoms with Crippen LogP contribution in [0, 0.1) is 6.92 Å². The second-order valence-electron chi connectivity index (χ2n) is 5.52. The third-order valence-corrected chi connectivity index (χ3v) is 4.99. The molecule has 1 aromatic carbocycles. The Balaban J connectivity index is 1.77. The average molecular weight is 312 g/mol. The Morgan fingerprint density at radius 3 is 2.71 bits per heavy atom. The molecular formula is C15H24N2O3S. The molecule has 1 aliphatic rings. The summed E-state index contributed by atoms with van der Waals surface area (Å²) >= 11 is 0. The number of nitrogens with zero attached hydrogens (tertiary/aromatic N) is 2. The van der Waals surface area contributed by atoms with Gasteiger partial charge in [0, 0.05) is 26.2 Å². The Bertz CT molecular complexity index is 560. The molecule has 0 bridgehead atoms. The van der Waals surface area contributed by atoms with Crippen molar-refractivity contribution in [2.75, 3.05) is 45.6 Å². The number of hydrogen-bond donors (Lipinski definition) is 0. The van der Waals surface area contributed by atoms with Gasteiger partial charge in [0.1, 0.15) is 12.4 Å². The van der Waals surface area contributed by atoms with Gasteiger partial charge in [-0.2, -0.15) is 0 Å². The van der Waals surface area contributed by atoms with Crippen LogP contribution in [0.4, 0.5) is 0 Å². The maximum atomic E-state index is 11.6. The maximum absolute atomic E-state index is 11.6. The summed E-state index contributed by atoms with van der Waals surface area (Å²) in [7, 11) is -3.07. The van der Waals surface area contributed by atoms with E-state index in [1.807, 2.05) is 31.2 Å². The third kappa shape index (κ3) is 5.30. The Morgan fingerprint density at radius 2 is 2.00 bits per heavy atom. The normalized spacial score (nSPS) is 18.4. The molecular weight excluding hydrogens is 288 g/mol. The topological polar surface area (TPSA) is 49.9 Å². The summed E-state index contributed by atoms with van der Waals surface area (Å²) < 4.78 is 30.4. The zero-order chi connectivity index (χ0) is 15.3. The lowest BCUT2D eigenvalue weighted by Crippen LogP contribution is -2.35. The molecule has 0 atom stereocenters. The lowest BCUT2D eigenvalue weighted by Gasteiger charge is -2.20. The van der Waals surface area contributed by atoms with E-state index < -0.39 is 10.0 Å². The average Bonchev–Trinajstić information content (AvgIpc) is 2.64. The number of rotatable bonds is 5. The van der Waals surface area contributed by atoms with Gasteiger partial charge in [0.25, 0.3) is 0 Å². The molecule has 1 fully saturated rings. The molecule has 0 N–H and O–H groups in total. The fourth-order valence-corrected chi connectivity index (χ4v) is 3.37. The number of ether oxygens (including phenoxy) is 1. The van der Waals surface area contributed by atoms with Crippen LogP contribution in [-0.2, 0) is 10.0 Å². The summed E-state index contributed by atoms with van der Waals surface area (Å²) in [6.07, 6.45) is 2.15. The first-order chi connectivity index (χ1) is 9.95. The van der Waals surface area contributed by atoms with Crippen molar-refractivity contribution in [3.63, 3.8) is 0 Å². The monoisotopic (exact) mass is 312 g/mol. The van der Waals surface area contributed by atoms with Crippen LogP contribution in [0.15, 0.2) is 24.3 Å². The van der Waals surface area contributed by atoms with E-state index in [4.69, 9.17) is 4.74 Å². The van der Waals surface area contributed by atoms with E-state index in [0.29, 0.717) is 19.7 Å². The van der Waals surface area contributed by atoms with E-state index in [1.54, 1.807) is 4.31 Å². The van der Waals surface area contributed by atoms with E-state index in [2.05, 4.69) is 4.90 Å². The van der Waals surface area contributed by atoms with Crippen LogP contribution in [0.5, 0.6) is 5.75 Å². The molecule has 1 aromatic rings. The highest BCUT2D eigenvalue weighted by atomic mass is 32.2. The van der Waals surface area contributed by atoms with Gasteiger partial charge < -0.3 is 4.74 Å². The molecule has 2 rings (SSSR count). The van der Waals surface area contributed by atoms with Crippen molar-refractivity contribution in [2.24, 2.45) is 0 Å². The molecule has 0 aliphatic carbocycles. The minimum absolute atomic E-state index is 0.573. The highest BCUT2D eigenvalue weighted by Crippen LogP contribution is 2.12. The minimum Gasteiger partial charge on any atom is -0.492 e. The van der Waals surface area contributed by atoms with E-state index in [0.717, 1.165) is 31.8 Å². The van der Waals surface area contributed by atoms with E-state index >= 15 is 0 Å². The summed E-state index contributed by atoms with van der Waals surface area (Å²) in [5.41, 5.74) is 1.19. The van der Waals surface area contributed by atoms with Crippen molar-refractivity contribution in [3.05, 3.63) is 29.8 Å². The molecule has 5 nitrogen and oxygen atoms in total. The predicted octanol–water partition coefficient (Wildman–Crippen LogP) is 1.34. The fraction of sp³-hybridized carbons (Fsp3) is 0.600. The van der Waals surface area contributed by atoms with Gasteiger partial charge in [-0.05, 0) is 37.6 Å². The molecule has 0 radical (unpaired) electrons. The zero-order valence-corrected chi connectivity index (χ0v) is 13.6. The lowest BCUT2D eigenvalue weighted by atomic mass is 10.2. The van der Waals surface area contributed by atoms with Crippen molar-refractivity contribution in [1.29, 1.82) is 0 Å².